The average molecular weight is 462 g/mol. The Morgan fingerprint density at radius 1 is 1.21 bits per heavy atom. The normalized spacial score (nSPS) is 20.5. The summed E-state index contributed by atoms with van der Waals surface area (Å²) in [7, 11) is 1.62. The molecule has 2 amide bonds. The summed E-state index contributed by atoms with van der Waals surface area (Å²) in [6, 6.07) is 12.9. The summed E-state index contributed by atoms with van der Waals surface area (Å²) < 4.78 is 11.5. The van der Waals surface area contributed by atoms with Gasteiger partial charge >= 0.3 is 0 Å². The van der Waals surface area contributed by atoms with Crippen LogP contribution in [0, 0.1) is 5.92 Å². The van der Waals surface area contributed by atoms with Crippen molar-refractivity contribution < 1.29 is 18.7 Å². The van der Waals surface area contributed by atoms with E-state index in [2.05, 4.69) is 17.2 Å². The summed E-state index contributed by atoms with van der Waals surface area (Å²) in [6.07, 6.45) is 4.96. The molecule has 0 bridgehead atoms. The summed E-state index contributed by atoms with van der Waals surface area (Å²) >= 11 is 0. The van der Waals surface area contributed by atoms with Crippen molar-refractivity contribution in [2.45, 2.75) is 57.4 Å². The molecule has 178 valence electrons. The minimum absolute atomic E-state index is 0.0880. The van der Waals surface area contributed by atoms with Gasteiger partial charge in [0.25, 0.3) is 0 Å². The number of nitrogens with zero attached hydrogens (tertiary/aromatic N) is 2. The van der Waals surface area contributed by atoms with Crippen LogP contribution in [0.3, 0.4) is 0 Å². The fourth-order valence-corrected chi connectivity index (χ4v) is 4.88. The van der Waals surface area contributed by atoms with Crippen molar-refractivity contribution in [2.75, 3.05) is 19.0 Å². The number of piperidine rings is 1. The lowest BCUT2D eigenvalue weighted by Crippen LogP contribution is -2.47. The van der Waals surface area contributed by atoms with E-state index in [9.17, 15) is 9.59 Å². The van der Waals surface area contributed by atoms with Gasteiger partial charge in [0.2, 0.25) is 11.8 Å². The minimum Gasteiger partial charge on any atom is -0.496 e. The summed E-state index contributed by atoms with van der Waals surface area (Å²) in [4.78, 5) is 33.0. The van der Waals surface area contributed by atoms with E-state index in [-0.39, 0.29) is 23.8 Å². The molecule has 1 N–H and O–H groups in total. The molecule has 2 aromatic carbocycles. The molecule has 0 spiro atoms. The number of nitrogens with one attached hydrogen (secondary N) is 1. The zero-order valence-corrected chi connectivity index (χ0v) is 19.8. The maximum atomic E-state index is 13.6. The third-order valence-corrected chi connectivity index (χ3v) is 6.85. The van der Waals surface area contributed by atoms with E-state index in [1.165, 1.54) is 0 Å². The van der Waals surface area contributed by atoms with Gasteiger partial charge in [-0.1, -0.05) is 31.5 Å². The molecule has 1 aliphatic heterocycles. The van der Waals surface area contributed by atoms with Crippen LogP contribution in [0.5, 0.6) is 5.75 Å². The number of oxazole rings is 1. The van der Waals surface area contributed by atoms with E-state index in [0.29, 0.717) is 36.7 Å². The van der Waals surface area contributed by atoms with Crippen LogP contribution in [0.15, 0.2) is 46.9 Å². The number of amides is 2. The first kappa shape index (κ1) is 22.4. The average Bonchev–Trinajstić information content (AvgIpc) is 3.62. The van der Waals surface area contributed by atoms with Gasteiger partial charge in [-0.15, -0.1) is 0 Å². The lowest BCUT2D eigenvalue weighted by Gasteiger charge is -2.41. The number of carbonyl (C=O) groups is 2. The Balaban J connectivity index is 1.44. The Bertz CT molecular complexity index is 1200. The number of hydrogen-bond donors (Lipinski definition) is 1. The van der Waals surface area contributed by atoms with Crippen LogP contribution in [0.25, 0.3) is 11.1 Å². The second-order valence-corrected chi connectivity index (χ2v) is 9.27. The van der Waals surface area contributed by atoms with Crippen molar-refractivity contribution in [3.05, 3.63) is 53.9 Å². The molecule has 7 heteroatoms. The van der Waals surface area contributed by atoms with E-state index in [1.807, 2.05) is 47.4 Å². The largest absolute Gasteiger partial charge is 0.496 e. The van der Waals surface area contributed by atoms with Crippen LogP contribution in [0.2, 0.25) is 0 Å². The number of rotatable bonds is 8. The smallest absolute Gasteiger partial charge is 0.229 e. The number of fused-ring (bicyclic) bond motifs is 1. The van der Waals surface area contributed by atoms with Gasteiger partial charge in [-0.3, -0.25) is 9.59 Å². The highest BCUT2D eigenvalue weighted by molar-refractivity contribution is 5.96. The van der Waals surface area contributed by atoms with Gasteiger partial charge < -0.3 is 19.4 Å². The minimum atomic E-state index is -0.388. The summed E-state index contributed by atoms with van der Waals surface area (Å²) in [6.45, 7) is 2.72. The number of ether oxygens (including phenoxy) is 1. The first-order valence-corrected chi connectivity index (χ1v) is 12.2. The number of hydrogen-bond acceptors (Lipinski definition) is 5. The highest BCUT2D eigenvalue weighted by atomic mass is 16.5. The topological polar surface area (TPSA) is 84.7 Å². The lowest BCUT2D eigenvalue weighted by atomic mass is 9.83. The zero-order chi connectivity index (χ0) is 23.7. The Morgan fingerprint density at radius 3 is 2.79 bits per heavy atom. The fourth-order valence-electron chi connectivity index (χ4n) is 4.88. The van der Waals surface area contributed by atoms with Crippen molar-refractivity contribution in [1.82, 2.24) is 9.88 Å². The third-order valence-electron chi connectivity index (χ3n) is 6.85. The van der Waals surface area contributed by atoms with E-state index in [4.69, 9.17) is 9.15 Å². The van der Waals surface area contributed by atoms with Gasteiger partial charge in [0.15, 0.2) is 11.5 Å². The van der Waals surface area contributed by atoms with Gasteiger partial charge in [0.05, 0.1) is 19.1 Å². The highest BCUT2D eigenvalue weighted by Gasteiger charge is 2.41. The molecule has 2 aliphatic rings. The summed E-state index contributed by atoms with van der Waals surface area (Å²) in [5.41, 5.74) is 3.05. The molecule has 3 aromatic rings. The molecule has 2 unspecified atom stereocenters. The van der Waals surface area contributed by atoms with Crippen LogP contribution < -0.4 is 10.1 Å². The Hall–Kier alpha value is -3.35. The molecule has 2 atom stereocenters. The molecule has 2 heterocycles. The Kier molecular flexibility index (Phi) is 6.26. The Morgan fingerprint density at radius 2 is 2.03 bits per heavy atom. The highest BCUT2D eigenvalue weighted by Crippen LogP contribution is 2.42. The molecule has 1 aliphatic carbocycles. The zero-order valence-electron chi connectivity index (χ0n) is 19.8. The number of methoxy groups -OCH3 is 1. The molecule has 1 saturated carbocycles. The number of aromatic nitrogens is 1. The van der Waals surface area contributed by atoms with Crippen molar-refractivity contribution in [2.24, 2.45) is 5.92 Å². The number of para-hydroxylation sites is 1. The number of likely N-dealkylation sites (tertiary alicyclic amines) is 1. The predicted octanol–water partition coefficient (Wildman–Crippen LogP) is 5.43. The molecule has 2 fully saturated rings. The third kappa shape index (κ3) is 4.39. The second-order valence-electron chi connectivity index (χ2n) is 9.27. The van der Waals surface area contributed by atoms with Gasteiger partial charge in [0, 0.05) is 30.1 Å². The monoisotopic (exact) mass is 461 g/mol. The van der Waals surface area contributed by atoms with Crippen LogP contribution in [-0.4, -0.2) is 35.4 Å². The van der Waals surface area contributed by atoms with E-state index < -0.39 is 0 Å². The van der Waals surface area contributed by atoms with Crippen molar-refractivity contribution in [1.29, 1.82) is 0 Å². The number of benzene rings is 2. The van der Waals surface area contributed by atoms with E-state index in [0.717, 1.165) is 48.2 Å². The van der Waals surface area contributed by atoms with Gasteiger partial charge in [-0.25, -0.2) is 4.98 Å². The second kappa shape index (κ2) is 9.49. The number of anilines is 1. The molecular weight excluding hydrogens is 430 g/mol. The van der Waals surface area contributed by atoms with Gasteiger partial charge in [-0.2, -0.15) is 0 Å². The molecule has 0 radical (unpaired) electrons. The van der Waals surface area contributed by atoms with Crippen LogP contribution in [0.4, 0.5) is 5.69 Å². The standard InChI is InChI=1S/C27H31N3O4/c1-3-4-15-30-24(31)14-12-20(25(30)19-7-5-6-8-22(19)33-2)26(32)28-18-11-13-23-21(16-18)29-27(34-23)17-9-10-17/h5-8,11,13,16-17,20,25H,3-4,9-10,12,14-15H2,1-2H3,(H,28,32). The van der Waals surface area contributed by atoms with E-state index in [1.54, 1.807) is 7.11 Å². The summed E-state index contributed by atoms with van der Waals surface area (Å²) in [5, 5.41) is 3.09. The van der Waals surface area contributed by atoms with Crippen LogP contribution in [0.1, 0.15) is 68.9 Å². The summed E-state index contributed by atoms with van der Waals surface area (Å²) in [5.74, 6) is 1.51. The van der Waals surface area contributed by atoms with Gasteiger partial charge in [-0.05, 0) is 49.9 Å². The number of carbonyl (C=O) groups excluding carboxylic acids is 2. The molecule has 5 rings (SSSR count). The Labute approximate surface area is 199 Å². The lowest BCUT2D eigenvalue weighted by molar-refractivity contribution is -0.142. The van der Waals surface area contributed by atoms with Gasteiger partial charge in [0.1, 0.15) is 11.3 Å². The number of unbranched alkanes of at least 4 members (excludes halogenated alkanes) is 1. The van der Waals surface area contributed by atoms with Crippen molar-refractivity contribution >= 4 is 28.6 Å². The SMILES string of the molecule is CCCCN1C(=O)CCC(C(=O)Nc2ccc3oc(C4CC4)nc3c2)C1c1ccccc1OC. The quantitative estimate of drug-likeness (QED) is 0.483. The van der Waals surface area contributed by atoms with E-state index >= 15 is 0 Å². The van der Waals surface area contributed by atoms with Crippen LogP contribution >= 0.6 is 0 Å². The maximum absolute atomic E-state index is 13.6. The molecule has 34 heavy (non-hydrogen) atoms. The fraction of sp³-hybridized carbons (Fsp3) is 0.444. The van der Waals surface area contributed by atoms with Crippen molar-refractivity contribution in [3.63, 3.8) is 0 Å². The van der Waals surface area contributed by atoms with Crippen molar-refractivity contribution in [3.8, 4) is 5.75 Å². The molecule has 7 nitrogen and oxygen atoms in total. The molecule has 1 aromatic heterocycles. The predicted molar refractivity (Wildman–Crippen MR) is 130 cm³/mol. The van der Waals surface area contributed by atoms with Crippen LogP contribution in [-0.2, 0) is 9.59 Å². The maximum Gasteiger partial charge on any atom is 0.229 e. The first-order valence-electron chi connectivity index (χ1n) is 12.2. The first-order chi connectivity index (χ1) is 16.6. The molecule has 1 saturated heterocycles. The molecular formula is C27H31N3O4.